The molecular formula is C9H16ClN. The highest BCUT2D eigenvalue weighted by molar-refractivity contribution is 6.30. The standard InChI is InChI=1S/C5H4ClN.2C2H6/c6-5-2-1-3-7-4-5;2*1-2/h1-4H;2*1-2H3. The Bertz CT molecular complexity index is 139. The van der Waals surface area contributed by atoms with E-state index in [1.807, 2.05) is 27.7 Å². The summed E-state index contributed by atoms with van der Waals surface area (Å²) in [5, 5.41) is 0.683. The highest BCUT2D eigenvalue weighted by atomic mass is 35.5. The SMILES string of the molecule is CC.CC.Clc1cccnc1. The minimum absolute atomic E-state index is 0.683. The molecule has 2 heteroatoms. The average molecular weight is 174 g/mol. The summed E-state index contributed by atoms with van der Waals surface area (Å²) in [4.78, 5) is 3.75. The molecule has 11 heavy (non-hydrogen) atoms. The molecule has 0 aromatic carbocycles. The monoisotopic (exact) mass is 173 g/mol. The number of halogens is 1. The lowest BCUT2D eigenvalue weighted by atomic mass is 10.5. The van der Waals surface area contributed by atoms with Crippen LogP contribution in [0.4, 0.5) is 0 Å². The maximum absolute atomic E-state index is 5.48. The average Bonchev–Trinajstić information content (AvgIpc) is 2.13. The van der Waals surface area contributed by atoms with E-state index >= 15 is 0 Å². The second-order valence-corrected chi connectivity index (χ2v) is 1.61. The highest BCUT2D eigenvalue weighted by Gasteiger charge is 1.76. The molecule has 0 saturated heterocycles. The van der Waals surface area contributed by atoms with Gasteiger partial charge in [-0.2, -0.15) is 0 Å². The molecule has 0 amide bonds. The second kappa shape index (κ2) is 12.1. The normalized spacial score (nSPS) is 6.64. The van der Waals surface area contributed by atoms with Gasteiger partial charge < -0.3 is 0 Å². The molecule has 0 radical (unpaired) electrons. The van der Waals surface area contributed by atoms with Crippen molar-refractivity contribution in [2.24, 2.45) is 0 Å². The Morgan fingerprint density at radius 1 is 1.18 bits per heavy atom. The smallest absolute Gasteiger partial charge is 0.0589 e. The first kappa shape index (κ1) is 13.1. The fourth-order valence-corrected chi connectivity index (χ4v) is 0.471. The Morgan fingerprint density at radius 2 is 1.73 bits per heavy atom. The van der Waals surface area contributed by atoms with Crippen molar-refractivity contribution < 1.29 is 0 Å². The van der Waals surface area contributed by atoms with Crippen molar-refractivity contribution >= 4 is 11.6 Å². The van der Waals surface area contributed by atoms with Crippen LogP contribution in [0, 0.1) is 0 Å². The number of aromatic nitrogens is 1. The van der Waals surface area contributed by atoms with Crippen molar-refractivity contribution in [1.29, 1.82) is 0 Å². The maximum Gasteiger partial charge on any atom is 0.0589 e. The van der Waals surface area contributed by atoms with Gasteiger partial charge in [0.25, 0.3) is 0 Å². The molecule has 0 aliphatic rings. The minimum Gasteiger partial charge on any atom is -0.263 e. The van der Waals surface area contributed by atoms with Crippen LogP contribution in [-0.2, 0) is 0 Å². The highest BCUT2D eigenvalue weighted by Crippen LogP contribution is 2.00. The molecule has 0 unspecified atom stereocenters. The molecule has 0 spiro atoms. The predicted molar refractivity (Wildman–Crippen MR) is 51.9 cm³/mol. The van der Waals surface area contributed by atoms with Crippen LogP contribution < -0.4 is 0 Å². The van der Waals surface area contributed by atoms with Gasteiger partial charge in [0.2, 0.25) is 0 Å². The van der Waals surface area contributed by atoms with Crippen molar-refractivity contribution in [3.05, 3.63) is 29.5 Å². The molecule has 0 aliphatic heterocycles. The Labute approximate surface area is 74.4 Å². The Morgan fingerprint density at radius 3 is 1.91 bits per heavy atom. The molecular weight excluding hydrogens is 158 g/mol. The first-order chi connectivity index (χ1) is 5.39. The van der Waals surface area contributed by atoms with Gasteiger partial charge in [-0.25, -0.2) is 0 Å². The van der Waals surface area contributed by atoms with Crippen LogP contribution >= 0.6 is 11.6 Å². The third-order valence-electron chi connectivity index (χ3n) is 0.625. The minimum atomic E-state index is 0.683. The molecule has 1 nitrogen and oxygen atoms in total. The van der Waals surface area contributed by atoms with Gasteiger partial charge in [-0.15, -0.1) is 0 Å². The van der Waals surface area contributed by atoms with E-state index in [2.05, 4.69) is 4.98 Å². The molecule has 64 valence electrons. The maximum atomic E-state index is 5.48. The van der Waals surface area contributed by atoms with E-state index in [0.29, 0.717) is 5.02 Å². The van der Waals surface area contributed by atoms with E-state index in [1.165, 1.54) is 0 Å². The lowest BCUT2D eigenvalue weighted by molar-refractivity contribution is 1.33. The lowest BCUT2D eigenvalue weighted by Crippen LogP contribution is -1.64. The lowest BCUT2D eigenvalue weighted by Gasteiger charge is -1.79. The van der Waals surface area contributed by atoms with Crippen LogP contribution in [0.25, 0.3) is 0 Å². The molecule has 1 heterocycles. The van der Waals surface area contributed by atoms with Gasteiger partial charge in [0, 0.05) is 12.4 Å². The predicted octanol–water partition coefficient (Wildman–Crippen LogP) is 3.79. The van der Waals surface area contributed by atoms with E-state index in [-0.39, 0.29) is 0 Å². The van der Waals surface area contributed by atoms with Gasteiger partial charge in [0.15, 0.2) is 0 Å². The molecule has 1 rings (SSSR count). The van der Waals surface area contributed by atoms with Gasteiger partial charge in [-0.1, -0.05) is 39.3 Å². The van der Waals surface area contributed by atoms with Gasteiger partial charge in [0.05, 0.1) is 5.02 Å². The van der Waals surface area contributed by atoms with Crippen LogP contribution in [0.3, 0.4) is 0 Å². The Hall–Kier alpha value is -0.560. The second-order valence-electron chi connectivity index (χ2n) is 1.17. The molecule has 0 saturated carbocycles. The van der Waals surface area contributed by atoms with E-state index in [1.54, 1.807) is 24.5 Å². The number of hydrogen-bond acceptors (Lipinski definition) is 1. The van der Waals surface area contributed by atoms with Crippen molar-refractivity contribution in [2.75, 3.05) is 0 Å². The summed E-state index contributed by atoms with van der Waals surface area (Å²) in [6, 6.07) is 3.58. The third-order valence-corrected chi connectivity index (χ3v) is 0.849. The van der Waals surface area contributed by atoms with Gasteiger partial charge >= 0.3 is 0 Å². The summed E-state index contributed by atoms with van der Waals surface area (Å²) in [6.07, 6.45) is 3.29. The summed E-state index contributed by atoms with van der Waals surface area (Å²) >= 11 is 5.48. The van der Waals surface area contributed by atoms with Crippen LogP contribution in [0.1, 0.15) is 27.7 Å². The van der Waals surface area contributed by atoms with Crippen molar-refractivity contribution in [3.8, 4) is 0 Å². The van der Waals surface area contributed by atoms with Gasteiger partial charge in [-0.05, 0) is 12.1 Å². The number of pyridine rings is 1. The molecule has 0 aliphatic carbocycles. The van der Waals surface area contributed by atoms with E-state index in [0.717, 1.165) is 0 Å². The zero-order valence-corrected chi connectivity index (χ0v) is 8.39. The van der Waals surface area contributed by atoms with Gasteiger partial charge in [-0.3, -0.25) is 4.98 Å². The van der Waals surface area contributed by atoms with Crippen LogP contribution in [0.2, 0.25) is 5.02 Å². The van der Waals surface area contributed by atoms with E-state index in [4.69, 9.17) is 11.6 Å². The summed E-state index contributed by atoms with van der Waals surface area (Å²) in [7, 11) is 0. The zero-order chi connectivity index (χ0) is 9.11. The Balaban J connectivity index is 0. The van der Waals surface area contributed by atoms with E-state index in [9.17, 15) is 0 Å². The quantitative estimate of drug-likeness (QED) is 0.582. The summed E-state index contributed by atoms with van der Waals surface area (Å²) in [6.45, 7) is 8.00. The summed E-state index contributed by atoms with van der Waals surface area (Å²) in [5.74, 6) is 0. The summed E-state index contributed by atoms with van der Waals surface area (Å²) in [5.41, 5.74) is 0. The number of hydrogen-bond donors (Lipinski definition) is 0. The summed E-state index contributed by atoms with van der Waals surface area (Å²) < 4.78 is 0. The molecule has 1 aromatic rings. The van der Waals surface area contributed by atoms with E-state index < -0.39 is 0 Å². The largest absolute Gasteiger partial charge is 0.263 e. The molecule has 0 N–H and O–H groups in total. The molecule has 1 aromatic heterocycles. The first-order valence-corrected chi connectivity index (χ1v) is 4.33. The Kier molecular flexibility index (Phi) is 14.4. The van der Waals surface area contributed by atoms with Crippen LogP contribution in [0.15, 0.2) is 24.5 Å². The van der Waals surface area contributed by atoms with Crippen LogP contribution in [0.5, 0.6) is 0 Å². The first-order valence-electron chi connectivity index (χ1n) is 3.95. The fraction of sp³-hybridized carbons (Fsp3) is 0.444. The van der Waals surface area contributed by atoms with Gasteiger partial charge in [0.1, 0.15) is 0 Å². The molecule has 0 atom stereocenters. The van der Waals surface area contributed by atoms with Crippen molar-refractivity contribution in [2.45, 2.75) is 27.7 Å². The third kappa shape index (κ3) is 9.44. The zero-order valence-electron chi connectivity index (χ0n) is 7.63. The van der Waals surface area contributed by atoms with Crippen molar-refractivity contribution in [3.63, 3.8) is 0 Å². The molecule has 0 fully saturated rings. The fourth-order valence-electron chi connectivity index (χ4n) is 0.342. The molecule has 0 bridgehead atoms. The number of nitrogens with zero attached hydrogens (tertiary/aromatic N) is 1. The number of rotatable bonds is 0. The van der Waals surface area contributed by atoms with Crippen LogP contribution in [-0.4, -0.2) is 4.98 Å². The topological polar surface area (TPSA) is 12.9 Å². The van der Waals surface area contributed by atoms with Crippen molar-refractivity contribution in [1.82, 2.24) is 4.98 Å².